The molecule has 126 valence electrons. The van der Waals surface area contributed by atoms with Gasteiger partial charge in [0.05, 0.1) is 6.04 Å². The zero-order valence-electron chi connectivity index (χ0n) is 13.2. The summed E-state index contributed by atoms with van der Waals surface area (Å²) in [6.07, 6.45) is 2.15. The minimum absolute atomic E-state index is 0. The second kappa shape index (κ2) is 8.81. The molecule has 7 heteroatoms. The van der Waals surface area contributed by atoms with Crippen molar-refractivity contribution < 1.29 is 14.7 Å². The van der Waals surface area contributed by atoms with E-state index in [0.29, 0.717) is 13.0 Å². The molecule has 0 aliphatic carbocycles. The highest BCUT2D eigenvalue weighted by Crippen LogP contribution is 2.34. The standard InChI is InChI=1S/C14H26N2O3.2ClH/c1-5-9(6-2)11(15)12(17)16-8-14(3,4)7-10(16)13(18)19;;/h9-11H,5-8,15H2,1-4H3,(H,18,19);2*1H/t10-,11-;;/m0../s1. The van der Waals surface area contributed by atoms with Gasteiger partial charge < -0.3 is 15.7 Å². The fraction of sp³-hybridized carbons (Fsp3) is 0.857. The first-order valence-electron chi connectivity index (χ1n) is 7.02. The molecule has 3 N–H and O–H groups in total. The maximum absolute atomic E-state index is 12.4. The van der Waals surface area contributed by atoms with Gasteiger partial charge in [-0.05, 0) is 17.8 Å². The number of carboxylic acids is 1. The molecule has 0 aromatic carbocycles. The van der Waals surface area contributed by atoms with Crippen LogP contribution in [0.15, 0.2) is 0 Å². The highest BCUT2D eigenvalue weighted by atomic mass is 35.5. The summed E-state index contributed by atoms with van der Waals surface area (Å²) in [5.41, 5.74) is 5.87. The molecule has 1 aliphatic heterocycles. The molecule has 0 aromatic rings. The molecule has 0 unspecified atom stereocenters. The lowest BCUT2D eigenvalue weighted by Crippen LogP contribution is -2.51. The van der Waals surface area contributed by atoms with E-state index in [0.717, 1.165) is 12.8 Å². The maximum Gasteiger partial charge on any atom is 0.326 e. The molecular weight excluding hydrogens is 315 g/mol. The maximum atomic E-state index is 12.4. The second-order valence-corrected chi connectivity index (χ2v) is 6.29. The van der Waals surface area contributed by atoms with Gasteiger partial charge in [0.2, 0.25) is 5.91 Å². The smallest absolute Gasteiger partial charge is 0.326 e. The Hall–Kier alpha value is -0.520. The topological polar surface area (TPSA) is 83.6 Å². The number of carbonyl (C=O) groups excluding carboxylic acids is 1. The van der Waals surface area contributed by atoms with E-state index in [1.807, 2.05) is 27.7 Å². The molecule has 1 rings (SSSR count). The van der Waals surface area contributed by atoms with Crippen LogP contribution < -0.4 is 5.73 Å². The predicted octanol–water partition coefficient (Wildman–Crippen LogP) is 2.31. The third-order valence-electron chi connectivity index (χ3n) is 4.13. The monoisotopic (exact) mass is 342 g/mol. The molecule has 1 heterocycles. The van der Waals surface area contributed by atoms with Crippen molar-refractivity contribution in [3.8, 4) is 0 Å². The van der Waals surface area contributed by atoms with Crippen LogP contribution >= 0.6 is 24.8 Å². The zero-order valence-corrected chi connectivity index (χ0v) is 14.8. The van der Waals surface area contributed by atoms with Crippen LogP contribution in [-0.2, 0) is 9.59 Å². The first-order valence-corrected chi connectivity index (χ1v) is 7.02. The number of nitrogens with zero attached hydrogens (tertiary/aromatic N) is 1. The summed E-state index contributed by atoms with van der Waals surface area (Å²) >= 11 is 0. The van der Waals surface area contributed by atoms with Crippen LogP contribution in [0, 0.1) is 11.3 Å². The zero-order chi connectivity index (χ0) is 14.8. The largest absolute Gasteiger partial charge is 0.480 e. The van der Waals surface area contributed by atoms with Crippen molar-refractivity contribution in [2.24, 2.45) is 17.1 Å². The Morgan fingerprint density at radius 2 is 1.76 bits per heavy atom. The van der Waals surface area contributed by atoms with Crippen LogP contribution in [0.4, 0.5) is 0 Å². The van der Waals surface area contributed by atoms with Crippen molar-refractivity contribution in [3.63, 3.8) is 0 Å². The normalized spacial score (nSPS) is 21.4. The third kappa shape index (κ3) is 5.31. The quantitative estimate of drug-likeness (QED) is 0.802. The number of nitrogens with two attached hydrogens (primary N) is 1. The Morgan fingerprint density at radius 1 is 1.29 bits per heavy atom. The lowest BCUT2D eigenvalue weighted by atomic mass is 9.91. The van der Waals surface area contributed by atoms with E-state index in [1.54, 1.807) is 0 Å². The number of carboxylic acid groups (broad SMARTS) is 1. The first-order chi connectivity index (χ1) is 8.73. The van der Waals surface area contributed by atoms with Gasteiger partial charge in [-0.25, -0.2) is 4.79 Å². The third-order valence-corrected chi connectivity index (χ3v) is 4.13. The van der Waals surface area contributed by atoms with Gasteiger partial charge in [0.25, 0.3) is 0 Å². The van der Waals surface area contributed by atoms with E-state index >= 15 is 0 Å². The van der Waals surface area contributed by atoms with Crippen molar-refractivity contribution >= 4 is 36.7 Å². The highest BCUT2D eigenvalue weighted by Gasteiger charge is 2.45. The van der Waals surface area contributed by atoms with Crippen LogP contribution in [0.3, 0.4) is 0 Å². The van der Waals surface area contributed by atoms with Crippen molar-refractivity contribution in [2.45, 2.75) is 59.0 Å². The van der Waals surface area contributed by atoms with Gasteiger partial charge in [0.15, 0.2) is 0 Å². The molecule has 2 atom stereocenters. The summed E-state index contributed by atoms with van der Waals surface area (Å²) in [4.78, 5) is 25.2. The fourth-order valence-electron chi connectivity index (χ4n) is 2.91. The first kappa shape index (κ1) is 22.8. The van der Waals surface area contributed by atoms with Crippen molar-refractivity contribution in [1.29, 1.82) is 0 Å². The average Bonchev–Trinajstić information content (AvgIpc) is 2.66. The van der Waals surface area contributed by atoms with Crippen LogP contribution in [0.25, 0.3) is 0 Å². The van der Waals surface area contributed by atoms with E-state index in [9.17, 15) is 14.7 Å². The minimum Gasteiger partial charge on any atom is -0.480 e. The van der Waals surface area contributed by atoms with Gasteiger partial charge in [-0.3, -0.25) is 4.79 Å². The molecule has 1 saturated heterocycles. The summed E-state index contributed by atoms with van der Waals surface area (Å²) in [5, 5.41) is 9.26. The van der Waals surface area contributed by atoms with Crippen LogP contribution in [-0.4, -0.2) is 40.5 Å². The van der Waals surface area contributed by atoms with Gasteiger partial charge >= 0.3 is 5.97 Å². The summed E-state index contributed by atoms with van der Waals surface area (Å²) in [5.74, 6) is -1.03. The number of carbonyl (C=O) groups is 2. The molecule has 1 amide bonds. The molecule has 1 aliphatic rings. The van der Waals surface area contributed by atoms with E-state index < -0.39 is 18.1 Å². The van der Waals surface area contributed by atoms with Gasteiger partial charge in [-0.1, -0.05) is 40.5 Å². The lowest BCUT2D eigenvalue weighted by Gasteiger charge is -2.29. The molecule has 1 fully saturated rings. The Morgan fingerprint density at radius 3 is 2.14 bits per heavy atom. The molecule has 0 saturated carbocycles. The van der Waals surface area contributed by atoms with Crippen molar-refractivity contribution in [3.05, 3.63) is 0 Å². The molecule has 5 nitrogen and oxygen atoms in total. The van der Waals surface area contributed by atoms with E-state index in [4.69, 9.17) is 5.73 Å². The Bertz CT molecular complexity index is 360. The number of amides is 1. The SMILES string of the molecule is CCC(CC)[C@H](N)C(=O)N1CC(C)(C)C[C@H]1C(=O)O.Cl.Cl. The number of aliphatic carboxylic acids is 1. The van der Waals surface area contributed by atoms with Gasteiger partial charge in [0.1, 0.15) is 6.04 Å². The van der Waals surface area contributed by atoms with Crippen molar-refractivity contribution in [2.75, 3.05) is 6.54 Å². The molecule has 0 spiro atoms. The van der Waals surface area contributed by atoms with Crippen LogP contribution in [0.1, 0.15) is 47.0 Å². The summed E-state index contributed by atoms with van der Waals surface area (Å²) in [6.45, 7) is 8.45. The second-order valence-electron chi connectivity index (χ2n) is 6.29. The number of likely N-dealkylation sites (tertiary alicyclic amines) is 1. The van der Waals surface area contributed by atoms with Crippen molar-refractivity contribution in [1.82, 2.24) is 4.90 Å². The minimum atomic E-state index is -0.935. The fourth-order valence-corrected chi connectivity index (χ4v) is 2.91. The van der Waals surface area contributed by atoms with E-state index in [1.165, 1.54) is 4.90 Å². The van der Waals surface area contributed by atoms with E-state index in [-0.39, 0.29) is 42.1 Å². The lowest BCUT2D eigenvalue weighted by molar-refractivity contribution is -0.149. The van der Waals surface area contributed by atoms with Gasteiger partial charge in [-0.2, -0.15) is 0 Å². The molecule has 0 bridgehead atoms. The predicted molar refractivity (Wildman–Crippen MR) is 88.1 cm³/mol. The summed E-state index contributed by atoms with van der Waals surface area (Å²) in [6, 6.07) is -1.33. The average molecular weight is 343 g/mol. The van der Waals surface area contributed by atoms with Gasteiger partial charge in [0, 0.05) is 6.54 Å². The molecule has 0 aromatic heterocycles. The molecular formula is C14H28Cl2N2O3. The Kier molecular flexibility index (Phi) is 9.55. The molecule has 0 radical (unpaired) electrons. The summed E-state index contributed by atoms with van der Waals surface area (Å²) in [7, 11) is 0. The number of hydrogen-bond donors (Lipinski definition) is 2. The number of rotatable bonds is 5. The molecule has 21 heavy (non-hydrogen) atoms. The number of hydrogen-bond acceptors (Lipinski definition) is 3. The Balaban J connectivity index is 0. The number of halogens is 2. The van der Waals surface area contributed by atoms with Gasteiger partial charge in [-0.15, -0.1) is 24.8 Å². The van der Waals surface area contributed by atoms with Crippen LogP contribution in [0.5, 0.6) is 0 Å². The van der Waals surface area contributed by atoms with Crippen LogP contribution in [0.2, 0.25) is 0 Å². The highest BCUT2D eigenvalue weighted by molar-refractivity contribution is 5.88. The Labute approximate surface area is 139 Å². The summed E-state index contributed by atoms with van der Waals surface area (Å²) < 4.78 is 0. The van der Waals surface area contributed by atoms with E-state index in [2.05, 4.69) is 0 Å².